The summed E-state index contributed by atoms with van der Waals surface area (Å²) in [7, 11) is 0. The number of rotatable bonds is 4. The van der Waals surface area contributed by atoms with Crippen LogP contribution in [-0.4, -0.2) is 29.5 Å². The van der Waals surface area contributed by atoms with Crippen molar-refractivity contribution in [1.82, 2.24) is 29.5 Å². The van der Waals surface area contributed by atoms with E-state index in [0.717, 1.165) is 22.8 Å². The highest BCUT2D eigenvalue weighted by Gasteiger charge is 2.21. The second kappa shape index (κ2) is 7.45. The van der Waals surface area contributed by atoms with Crippen LogP contribution in [0, 0.1) is 17.5 Å². The zero-order chi connectivity index (χ0) is 22.4. The average molecular weight is 437 g/mol. The fourth-order valence-corrected chi connectivity index (χ4v) is 3.52. The Balaban J connectivity index is 1.73. The van der Waals surface area contributed by atoms with Crippen molar-refractivity contribution >= 4 is 27.9 Å². The molecule has 32 heavy (non-hydrogen) atoms. The van der Waals surface area contributed by atoms with Gasteiger partial charge in [-0.1, -0.05) is 0 Å². The largest absolute Gasteiger partial charge is 0.358 e. The standard InChI is InChI=1S/C21H14F3N7O/c1-10(29-19-17-18(26-8-25-17)27-9-28-19)20-30-16-3-2-11(22)7-15(16)21(32)31(20)14-5-12(23)4-13(24)6-14/h2-10H,1H3,(H2,25,26,27,28,29)/t10-/m0/s1. The molecule has 3 aromatic heterocycles. The number of hydrogen-bond donors (Lipinski definition) is 2. The highest BCUT2D eigenvalue weighted by atomic mass is 19.1. The number of halogens is 3. The normalized spacial score (nSPS) is 12.4. The van der Waals surface area contributed by atoms with Gasteiger partial charge in [-0.15, -0.1) is 0 Å². The molecule has 0 spiro atoms. The molecule has 3 heterocycles. The first-order valence-electron chi connectivity index (χ1n) is 9.50. The van der Waals surface area contributed by atoms with E-state index in [1.165, 1.54) is 24.8 Å². The zero-order valence-corrected chi connectivity index (χ0v) is 16.5. The van der Waals surface area contributed by atoms with E-state index in [1.54, 1.807) is 6.92 Å². The SMILES string of the molecule is C[C@H](Nc1ncnc2[nH]cnc12)c1nc2ccc(F)cc2c(=O)n1-c1cc(F)cc(F)c1. The first-order valence-corrected chi connectivity index (χ1v) is 9.50. The first-order chi connectivity index (χ1) is 15.4. The van der Waals surface area contributed by atoms with Gasteiger partial charge in [-0.05, 0) is 37.3 Å². The highest BCUT2D eigenvalue weighted by molar-refractivity contribution is 5.82. The Bertz CT molecular complexity index is 1530. The maximum atomic E-state index is 14.0. The molecule has 0 saturated carbocycles. The number of aromatic amines is 1. The van der Waals surface area contributed by atoms with Gasteiger partial charge in [-0.2, -0.15) is 0 Å². The van der Waals surface area contributed by atoms with Gasteiger partial charge in [-0.3, -0.25) is 9.36 Å². The molecule has 5 aromatic rings. The van der Waals surface area contributed by atoms with E-state index in [9.17, 15) is 18.0 Å². The third kappa shape index (κ3) is 3.33. The third-order valence-corrected chi connectivity index (χ3v) is 4.92. The van der Waals surface area contributed by atoms with Crippen molar-refractivity contribution < 1.29 is 13.2 Å². The summed E-state index contributed by atoms with van der Waals surface area (Å²) in [6, 6.07) is 5.62. The maximum absolute atomic E-state index is 14.0. The number of H-pyrrole nitrogens is 1. The molecule has 1 atom stereocenters. The molecule has 0 aliphatic rings. The number of aromatic nitrogens is 6. The van der Waals surface area contributed by atoms with Gasteiger partial charge in [0.2, 0.25) is 0 Å². The van der Waals surface area contributed by atoms with Crippen molar-refractivity contribution in [2.24, 2.45) is 0 Å². The fourth-order valence-electron chi connectivity index (χ4n) is 3.52. The third-order valence-electron chi connectivity index (χ3n) is 4.92. The van der Waals surface area contributed by atoms with Gasteiger partial charge < -0.3 is 10.3 Å². The molecular weight excluding hydrogens is 423 g/mol. The summed E-state index contributed by atoms with van der Waals surface area (Å²) in [6.07, 6.45) is 2.80. The van der Waals surface area contributed by atoms with E-state index in [4.69, 9.17) is 0 Å². The Morgan fingerprint density at radius 1 is 1.00 bits per heavy atom. The Kier molecular flexibility index (Phi) is 4.58. The van der Waals surface area contributed by atoms with E-state index in [1.807, 2.05) is 0 Å². The van der Waals surface area contributed by atoms with Gasteiger partial charge >= 0.3 is 0 Å². The Labute approximate surface area is 177 Å². The van der Waals surface area contributed by atoms with Gasteiger partial charge in [0.1, 0.15) is 35.1 Å². The van der Waals surface area contributed by atoms with Crippen LogP contribution in [0.5, 0.6) is 0 Å². The van der Waals surface area contributed by atoms with Gasteiger partial charge in [0.25, 0.3) is 5.56 Å². The molecular formula is C21H14F3N7O. The molecule has 8 nitrogen and oxygen atoms in total. The number of hydrogen-bond acceptors (Lipinski definition) is 6. The summed E-state index contributed by atoms with van der Waals surface area (Å²) in [6.45, 7) is 1.70. The van der Waals surface area contributed by atoms with Crippen molar-refractivity contribution in [3.05, 3.63) is 82.7 Å². The Morgan fingerprint density at radius 3 is 2.56 bits per heavy atom. The minimum atomic E-state index is -0.869. The van der Waals surface area contributed by atoms with Crippen molar-refractivity contribution in [3.63, 3.8) is 0 Å². The van der Waals surface area contributed by atoms with Crippen LogP contribution in [0.15, 0.2) is 53.8 Å². The number of nitrogens with zero attached hydrogens (tertiary/aromatic N) is 5. The number of nitrogens with one attached hydrogen (secondary N) is 2. The molecule has 2 aromatic carbocycles. The minimum Gasteiger partial charge on any atom is -0.358 e. The fraction of sp³-hybridized carbons (Fsp3) is 0.0952. The van der Waals surface area contributed by atoms with Gasteiger partial charge in [0.15, 0.2) is 11.5 Å². The summed E-state index contributed by atoms with van der Waals surface area (Å²) >= 11 is 0. The molecule has 11 heteroatoms. The van der Waals surface area contributed by atoms with Gasteiger partial charge in [0.05, 0.1) is 29.0 Å². The van der Waals surface area contributed by atoms with E-state index in [2.05, 4.69) is 30.2 Å². The predicted molar refractivity (Wildman–Crippen MR) is 111 cm³/mol. The predicted octanol–water partition coefficient (Wildman–Crippen LogP) is 3.64. The number of imidazole rings is 1. The monoisotopic (exact) mass is 437 g/mol. The molecule has 5 rings (SSSR count). The molecule has 0 saturated heterocycles. The summed E-state index contributed by atoms with van der Waals surface area (Å²) < 4.78 is 42.8. The molecule has 2 N–H and O–H groups in total. The van der Waals surface area contributed by atoms with E-state index in [-0.39, 0.29) is 22.4 Å². The lowest BCUT2D eigenvalue weighted by Gasteiger charge is -2.20. The maximum Gasteiger partial charge on any atom is 0.266 e. The van der Waals surface area contributed by atoms with Crippen LogP contribution in [0.25, 0.3) is 27.8 Å². The van der Waals surface area contributed by atoms with Crippen LogP contribution in [-0.2, 0) is 0 Å². The Morgan fingerprint density at radius 2 is 1.78 bits per heavy atom. The highest BCUT2D eigenvalue weighted by Crippen LogP contribution is 2.24. The lowest BCUT2D eigenvalue weighted by atomic mass is 10.2. The lowest BCUT2D eigenvalue weighted by Crippen LogP contribution is -2.27. The van der Waals surface area contributed by atoms with Crippen molar-refractivity contribution in [1.29, 1.82) is 0 Å². The Hall–Kier alpha value is -4.28. The molecule has 160 valence electrons. The van der Waals surface area contributed by atoms with Crippen LogP contribution in [0.1, 0.15) is 18.8 Å². The van der Waals surface area contributed by atoms with E-state index >= 15 is 0 Å². The molecule has 0 aliphatic carbocycles. The van der Waals surface area contributed by atoms with Crippen LogP contribution >= 0.6 is 0 Å². The average Bonchev–Trinajstić information content (AvgIpc) is 3.23. The van der Waals surface area contributed by atoms with Gasteiger partial charge in [0, 0.05) is 6.07 Å². The second-order valence-electron chi connectivity index (χ2n) is 7.09. The van der Waals surface area contributed by atoms with Crippen LogP contribution in [0.3, 0.4) is 0 Å². The van der Waals surface area contributed by atoms with E-state index in [0.29, 0.717) is 23.0 Å². The summed E-state index contributed by atoms with van der Waals surface area (Å²) in [5, 5.41) is 3.09. The smallest absolute Gasteiger partial charge is 0.266 e. The van der Waals surface area contributed by atoms with Crippen LogP contribution < -0.4 is 10.9 Å². The molecule has 0 aliphatic heterocycles. The van der Waals surface area contributed by atoms with Crippen molar-refractivity contribution in [2.45, 2.75) is 13.0 Å². The lowest BCUT2D eigenvalue weighted by molar-refractivity contribution is 0.579. The van der Waals surface area contributed by atoms with Crippen LogP contribution in [0.2, 0.25) is 0 Å². The summed E-state index contributed by atoms with van der Waals surface area (Å²) in [5.41, 5.74) is 0.452. The van der Waals surface area contributed by atoms with Gasteiger partial charge in [-0.25, -0.2) is 33.1 Å². The molecule has 0 amide bonds. The molecule has 0 bridgehead atoms. The first kappa shape index (κ1) is 19.7. The molecule has 0 unspecified atom stereocenters. The summed E-state index contributed by atoms with van der Waals surface area (Å²) in [4.78, 5) is 33.1. The van der Waals surface area contributed by atoms with Crippen LogP contribution in [0.4, 0.5) is 19.0 Å². The minimum absolute atomic E-state index is 0.0256. The van der Waals surface area contributed by atoms with E-state index < -0.39 is 29.1 Å². The molecule has 0 radical (unpaired) electrons. The topological polar surface area (TPSA) is 101 Å². The molecule has 0 fully saturated rings. The number of fused-ring (bicyclic) bond motifs is 2. The second-order valence-corrected chi connectivity index (χ2v) is 7.09. The quantitative estimate of drug-likeness (QED) is 0.445. The van der Waals surface area contributed by atoms with Crippen molar-refractivity contribution in [3.8, 4) is 5.69 Å². The zero-order valence-electron chi connectivity index (χ0n) is 16.5. The summed E-state index contributed by atoms with van der Waals surface area (Å²) in [5.74, 6) is -1.86. The van der Waals surface area contributed by atoms with Crippen molar-refractivity contribution in [2.75, 3.05) is 5.32 Å². The number of anilines is 1. The number of benzene rings is 2.